The van der Waals surface area contributed by atoms with Crippen molar-refractivity contribution in [3.05, 3.63) is 35.4 Å². The second-order valence-corrected chi connectivity index (χ2v) is 4.14. The highest BCUT2D eigenvalue weighted by molar-refractivity contribution is 5.25. The molecule has 0 bridgehead atoms. The molecule has 0 radical (unpaired) electrons. The van der Waals surface area contributed by atoms with Gasteiger partial charge in [-0.1, -0.05) is 24.3 Å². The first-order chi connectivity index (χ1) is 8.17. The van der Waals surface area contributed by atoms with Gasteiger partial charge >= 0.3 is 0 Å². The summed E-state index contributed by atoms with van der Waals surface area (Å²) in [5.74, 6) is 0. The zero-order chi connectivity index (χ0) is 12.7. The highest BCUT2D eigenvalue weighted by Gasteiger charge is 2.08. The number of hydrogen-bond acceptors (Lipinski definition) is 4. The standard InChI is InChI=1S/C13H21NO3/c1-10(14-7-13(16)9-17-2)12-5-3-4-11(6-12)8-15/h3-6,10,13-16H,7-9H2,1-2H3. The van der Waals surface area contributed by atoms with E-state index < -0.39 is 6.10 Å². The maximum Gasteiger partial charge on any atom is 0.0897 e. The highest BCUT2D eigenvalue weighted by atomic mass is 16.5. The van der Waals surface area contributed by atoms with Crippen molar-refractivity contribution in [1.82, 2.24) is 5.32 Å². The van der Waals surface area contributed by atoms with Crippen LogP contribution in [0.25, 0.3) is 0 Å². The minimum Gasteiger partial charge on any atom is -0.392 e. The molecule has 0 saturated carbocycles. The number of nitrogens with one attached hydrogen (secondary N) is 1. The third-order valence-corrected chi connectivity index (χ3v) is 2.65. The zero-order valence-electron chi connectivity index (χ0n) is 10.4. The number of benzene rings is 1. The molecule has 2 atom stereocenters. The molecule has 17 heavy (non-hydrogen) atoms. The molecule has 4 nitrogen and oxygen atoms in total. The highest BCUT2D eigenvalue weighted by Crippen LogP contribution is 2.14. The Balaban J connectivity index is 2.48. The molecule has 0 fully saturated rings. The lowest BCUT2D eigenvalue weighted by Gasteiger charge is -2.17. The average molecular weight is 239 g/mol. The van der Waals surface area contributed by atoms with Crippen LogP contribution in [0.1, 0.15) is 24.1 Å². The first-order valence-electron chi connectivity index (χ1n) is 5.77. The van der Waals surface area contributed by atoms with Crippen LogP contribution in [-0.4, -0.2) is 36.6 Å². The summed E-state index contributed by atoms with van der Waals surface area (Å²) in [5, 5.41) is 21.8. The monoisotopic (exact) mass is 239 g/mol. The van der Waals surface area contributed by atoms with E-state index in [4.69, 9.17) is 9.84 Å². The van der Waals surface area contributed by atoms with Crippen molar-refractivity contribution in [3.63, 3.8) is 0 Å². The van der Waals surface area contributed by atoms with Crippen molar-refractivity contribution in [2.75, 3.05) is 20.3 Å². The Hall–Kier alpha value is -0.940. The Kier molecular flexibility index (Phi) is 6.15. The van der Waals surface area contributed by atoms with E-state index in [-0.39, 0.29) is 12.6 Å². The van der Waals surface area contributed by atoms with E-state index in [0.717, 1.165) is 11.1 Å². The predicted octanol–water partition coefficient (Wildman–Crippen LogP) is 0.837. The topological polar surface area (TPSA) is 61.7 Å². The van der Waals surface area contributed by atoms with Crippen LogP contribution in [0.5, 0.6) is 0 Å². The summed E-state index contributed by atoms with van der Waals surface area (Å²) in [6.07, 6.45) is -0.497. The summed E-state index contributed by atoms with van der Waals surface area (Å²) in [5.41, 5.74) is 2.00. The molecular formula is C13H21NO3. The minimum absolute atomic E-state index is 0.0485. The fourth-order valence-corrected chi connectivity index (χ4v) is 1.64. The number of aliphatic hydroxyl groups excluding tert-OH is 2. The summed E-state index contributed by atoms with van der Waals surface area (Å²) in [6.45, 7) is 2.89. The molecule has 0 aliphatic heterocycles. The molecule has 1 aromatic carbocycles. The second-order valence-electron chi connectivity index (χ2n) is 4.14. The minimum atomic E-state index is -0.497. The molecule has 0 spiro atoms. The molecule has 0 aromatic heterocycles. The van der Waals surface area contributed by atoms with Gasteiger partial charge in [0.05, 0.1) is 19.3 Å². The molecule has 96 valence electrons. The van der Waals surface area contributed by atoms with Crippen LogP contribution in [0.15, 0.2) is 24.3 Å². The van der Waals surface area contributed by atoms with E-state index in [1.165, 1.54) is 0 Å². The van der Waals surface area contributed by atoms with Gasteiger partial charge in [-0.3, -0.25) is 0 Å². The molecule has 2 unspecified atom stereocenters. The summed E-state index contributed by atoms with van der Waals surface area (Å²) >= 11 is 0. The van der Waals surface area contributed by atoms with Gasteiger partial charge in [0.1, 0.15) is 0 Å². The van der Waals surface area contributed by atoms with Crippen LogP contribution in [0, 0.1) is 0 Å². The van der Waals surface area contributed by atoms with Crippen molar-refractivity contribution < 1.29 is 14.9 Å². The Morgan fingerprint density at radius 1 is 1.41 bits per heavy atom. The van der Waals surface area contributed by atoms with Gasteiger partial charge in [-0.25, -0.2) is 0 Å². The fourth-order valence-electron chi connectivity index (χ4n) is 1.64. The van der Waals surface area contributed by atoms with Crippen molar-refractivity contribution in [2.24, 2.45) is 0 Å². The maximum absolute atomic E-state index is 9.52. The van der Waals surface area contributed by atoms with Crippen molar-refractivity contribution in [2.45, 2.75) is 25.7 Å². The second kappa shape index (κ2) is 7.40. The Labute approximate surface area is 102 Å². The SMILES string of the molecule is COCC(O)CNC(C)c1cccc(CO)c1. The smallest absolute Gasteiger partial charge is 0.0897 e. The van der Waals surface area contributed by atoms with Crippen LogP contribution < -0.4 is 5.32 Å². The van der Waals surface area contributed by atoms with Gasteiger partial charge < -0.3 is 20.3 Å². The lowest BCUT2D eigenvalue weighted by atomic mass is 10.1. The third kappa shape index (κ3) is 4.83. The van der Waals surface area contributed by atoms with E-state index in [2.05, 4.69) is 5.32 Å². The van der Waals surface area contributed by atoms with Crippen LogP contribution in [0.4, 0.5) is 0 Å². The van der Waals surface area contributed by atoms with Crippen molar-refractivity contribution in [3.8, 4) is 0 Å². The maximum atomic E-state index is 9.52. The van der Waals surface area contributed by atoms with Crippen molar-refractivity contribution >= 4 is 0 Å². The van der Waals surface area contributed by atoms with Crippen LogP contribution in [0.2, 0.25) is 0 Å². The Morgan fingerprint density at radius 2 is 2.18 bits per heavy atom. The zero-order valence-corrected chi connectivity index (χ0v) is 10.4. The van der Waals surface area contributed by atoms with E-state index in [1.807, 2.05) is 31.2 Å². The van der Waals surface area contributed by atoms with Gasteiger partial charge in [-0.05, 0) is 18.1 Å². The number of methoxy groups -OCH3 is 1. The van der Waals surface area contributed by atoms with E-state index in [1.54, 1.807) is 7.11 Å². The molecule has 0 heterocycles. The number of ether oxygens (including phenoxy) is 1. The molecule has 3 N–H and O–H groups in total. The molecule has 1 aromatic rings. The summed E-state index contributed by atoms with van der Waals surface area (Å²) < 4.78 is 4.86. The molecule has 0 aliphatic carbocycles. The van der Waals surface area contributed by atoms with Gasteiger partial charge in [0.25, 0.3) is 0 Å². The first kappa shape index (κ1) is 14.1. The molecule has 4 heteroatoms. The summed E-state index contributed by atoms with van der Waals surface area (Å²) in [4.78, 5) is 0. The van der Waals surface area contributed by atoms with Gasteiger partial charge in [0, 0.05) is 19.7 Å². The Bertz CT molecular complexity index is 330. The number of aliphatic hydroxyl groups is 2. The van der Waals surface area contributed by atoms with Crippen LogP contribution >= 0.6 is 0 Å². The lowest BCUT2D eigenvalue weighted by molar-refractivity contribution is 0.0630. The van der Waals surface area contributed by atoms with Gasteiger partial charge in [-0.2, -0.15) is 0 Å². The lowest BCUT2D eigenvalue weighted by Crippen LogP contribution is -2.31. The third-order valence-electron chi connectivity index (χ3n) is 2.65. The molecule has 0 aliphatic rings. The normalized spacial score (nSPS) is 14.6. The first-order valence-corrected chi connectivity index (χ1v) is 5.77. The van der Waals surface area contributed by atoms with Gasteiger partial charge in [0.15, 0.2) is 0 Å². The fraction of sp³-hybridized carbons (Fsp3) is 0.538. The van der Waals surface area contributed by atoms with E-state index in [0.29, 0.717) is 13.2 Å². The largest absolute Gasteiger partial charge is 0.392 e. The van der Waals surface area contributed by atoms with Gasteiger partial charge in [0.2, 0.25) is 0 Å². The molecule has 0 saturated heterocycles. The summed E-state index contributed by atoms with van der Waals surface area (Å²) in [7, 11) is 1.57. The Morgan fingerprint density at radius 3 is 2.82 bits per heavy atom. The van der Waals surface area contributed by atoms with Crippen LogP contribution in [-0.2, 0) is 11.3 Å². The van der Waals surface area contributed by atoms with Crippen molar-refractivity contribution in [1.29, 1.82) is 0 Å². The van der Waals surface area contributed by atoms with Crippen LogP contribution in [0.3, 0.4) is 0 Å². The quantitative estimate of drug-likeness (QED) is 0.660. The average Bonchev–Trinajstić information content (AvgIpc) is 2.36. The number of hydrogen-bond donors (Lipinski definition) is 3. The predicted molar refractivity (Wildman–Crippen MR) is 66.7 cm³/mol. The van der Waals surface area contributed by atoms with E-state index >= 15 is 0 Å². The molecule has 0 amide bonds. The van der Waals surface area contributed by atoms with Gasteiger partial charge in [-0.15, -0.1) is 0 Å². The number of rotatable bonds is 7. The van der Waals surface area contributed by atoms with E-state index in [9.17, 15) is 5.11 Å². The molecule has 1 rings (SSSR count). The summed E-state index contributed by atoms with van der Waals surface area (Å²) in [6, 6.07) is 7.90. The molecular weight excluding hydrogens is 218 g/mol.